The van der Waals surface area contributed by atoms with Crippen molar-refractivity contribution in [1.82, 2.24) is 37.9 Å². The summed E-state index contributed by atoms with van der Waals surface area (Å²) in [4.78, 5) is 30.6. The lowest BCUT2D eigenvalue weighted by Gasteiger charge is -2.23. The maximum atomic E-state index is 11.8. The molecule has 7 heterocycles. The summed E-state index contributed by atoms with van der Waals surface area (Å²) in [6.45, 7) is 29.9. The Morgan fingerprint density at radius 3 is 1.43 bits per heavy atom. The summed E-state index contributed by atoms with van der Waals surface area (Å²) in [6, 6.07) is 18.7. The molecule has 13 nitrogen and oxygen atoms in total. The Hall–Kier alpha value is -5.30. The number of imidazole rings is 2. The van der Waals surface area contributed by atoms with Gasteiger partial charge in [0.1, 0.15) is 25.1 Å². The van der Waals surface area contributed by atoms with Gasteiger partial charge >= 0.3 is 0 Å². The Kier molecular flexibility index (Phi) is 13.9. The number of hydrogen-bond donors (Lipinski definition) is 0. The van der Waals surface area contributed by atoms with Crippen molar-refractivity contribution >= 4 is 55.3 Å². The zero-order valence-corrected chi connectivity index (χ0v) is 43.6. The van der Waals surface area contributed by atoms with E-state index in [1.54, 1.807) is 6.92 Å². The number of benzene rings is 2. The quantitative estimate of drug-likeness (QED) is 0.0529. The molecule has 1 aliphatic rings. The predicted molar refractivity (Wildman–Crippen MR) is 274 cm³/mol. The number of hydrogen-bond acceptors (Lipinski definition) is 9. The van der Waals surface area contributed by atoms with Gasteiger partial charge in [-0.05, 0) is 63.8 Å². The second-order valence-electron chi connectivity index (χ2n) is 20.3. The maximum absolute atomic E-state index is 11.8. The van der Waals surface area contributed by atoms with Gasteiger partial charge in [0, 0.05) is 51.6 Å². The highest BCUT2D eigenvalue weighted by Crippen LogP contribution is 2.38. The minimum atomic E-state index is -1.18. The highest BCUT2D eigenvalue weighted by atomic mass is 28.3. The van der Waals surface area contributed by atoms with Gasteiger partial charge in [0.2, 0.25) is 0 Å². The summed E-state index contributed by atoms with van der Waals surface area (Å²) in [5.74, 6) is 1.29. The monoisotopic (exact) mass is 940 g/mol. The van der Waals surface area contributed by atoms with Crippen molar-refractivity contribution in [2.24, 2.45) is 0 Å². The van der Waals surface area contributed by atoms with Crippen molar-refractivity contribution in [2.75, 3.05) is 26.4 Å². The van der Waals surface area contributed by atoms with E-state index in [9.17, 15) is 4.79 Å². The highest BCUT2D eigenvalue weighted by Gasteiger charge is 2.33. The Morgan fingerprint density at radius 2 is 1.04 bits per heavy atom. The molecule has 1 fully saturated rings. The number of carbonyl (C=O) groups is 1. The average molecular weight is 941 g/mol. The van der Waals surface area contributed by atoms with Crippen LogP contribution < -0.4 is 0 Å². The van der Waals surface area contributed by atoms with Crippen LogP contribution in [0.5, 0.6) is 0 Å². The fourth-order valence-corrected chi connectivity index (χ4v) is 10.6. The fourth-order valence-electron chi connectivity index (χ4n) is 9.09. The van der Waals surface area contributed by atoms with Crippen LogP contribution in [0.25, 0.3) is 55.9 Å². The van der Waals surface area contributed by atoms with Gasteiger partial charge in [0.25, 0.3) is 0 Å². The molecule has 2 aromatic carbocycles. The molecule has 15 heteroatoms. The number of ketones is 1. The Bertz CT molecular complexity index is 3040. The summed E-state index contributed by atoms with van der Waals surface area (Å²) in [7, 11) is -2.35. The van der Waals surface area contributed by atoms with Gasteiger partial charge in [0.15, 0.2) is 22.9 Å². The third-order valence-corrected chi connectivity index (χ3v) is 16.3. The molecule has 0 radical (unpaired) electrons. The molecule has 0 N–H and O–H groups in total. The predicted octanol–water partition coefficient (Wildman–Crippen LogP) is 11.5. The Morgan fingerprint density at radius 1 is 0.642 bits per heavy atom. The first-order valence-corrected chi connectivity index (χ1v) is 31.2. The molecule has 9 rings (SSSR count). The third-order valence-electron chi connectivity index (χ3n) is 12.9. The number of nitrogens with zero attached hydrogens (tertiary/aromatic N) is 8. The van der Waals surface area contributed by atoms with Gasteiger partial charge in [0.05, 0.1) is 71.5 Å². The molecule has 0 atom stereocenters. The summed E-state index contributed by atoms with van der Waals surface area (Å²) in [5, 5.41) is 0. The van der Waals surface area contributed by atoms with Gasteiger partial charge in [-0.15, -0.1) is 0 Å². The number of Topliss-reactive ketones (excluding diaryl/α,β-unsaturated/α-hetero) is 1. The van der Waals surface area contributed by atoms with Crippen molar-refractivity contribution in [3.05, 3.63) is 107 Å². The number of fused-ring (bicyclic) bond motifs is 6. The van der Waals surface area contributed by atoms with E-state index in [1.807, 2.05) is 69.8 Å². The molecule has 354 valence electrons. The number of aryl methyl sites for hydroxylation is 4. The summed E-state index contributed by atoms with van der Waals surface area (Å²) < 4.78 is 33.0. The van der Waals surface area contributed by atoms with E-state index in [2.05, 4.69) is 105 Å². The van der Waals surface area contributed by atoms with Crippen molar-refractivity contribution in [2.45, 2.75) is 125 Å². The summed E-state index contributed by atoms with van der Waals surface area (Å²) in [5.41, 5.74) is 14.6. The van der Waals surface area contributed by atoms with E-state index in [0.29, 0.717) is 32.2 Å². The molecule has 0 aliphatic carbocycles. The largest absolute Gasteiger partial charge is 0.361 e. The van der Waals surface area contributed by atoms with E-state index in [0.717, 1.165) is 111 Å². The van der Waals surface area contributed by atoms with E-state index >= 15 is 0 Å². The molecular formula is C52H68N8O5Si2. The molecule has 0 bridgehead atoms. The van der Waals surface area contributed by atoms with Gasteiger partial charge in [-0.25, -0.2) is 19.9 Å². The molecule has 0 amide bonds. The molecule has 1 saturated heterocycles. The van der Waals surface area contributed by atoms with Crippen LogP contribution >= 0.6 is 0 Å². The minimum Gasteiger partial charge on any atom is -0.361 e. The number of ether oxygens (including phenoxy) is 4. The number of carbonyl (C=O) groups excluding carboxylic acids is 1. The minimum absolute atomic E-state index is 0.0694. The van der Waals surface area contributed by atoms with Crippen molar-refractivity contribution < 1.29 is 23.7 Å². The van der Waals surface area contributed by atoms with Crippen molar-refractivity contribution in [1.29, 1.82) is 0 Å². The summed E-state index contributed by atoms with van der Waals surface area (Å²) >= 11 is 0. The van der Waals surface area contributed by atoms with Gasteiger partial charge in [-0.3, -0.25) is 22.7 Å². The molecule has 0 unspecified atom stereocenters. The summed E-state index contributed by atoms with van der Waals surface area (Å²) in [6.07, 6.45) is 9.26. The second-order valence-corrected chi connectivity index (χ2v) is 31.5. The smallest absolute Gasteiger partial charge is 0.192 e. The lowest BCUT2D eigenvalue weighted by molar-refractivity contribution is -0.149. The average Bonchev–Trinajstić information content (AvgIpc) is 4.13. The van der Waals surface area contributed by atoms with Crippen LogP contribution in [0.3, 0.4) is 0 Å². The molecule has 8 aromatic rings. The van der Waals surface area contributed by atoms with Crippen LogP contribution in [-0.2, 0) is 51.0 Å². The first-order valence-electron chi connectivity index (χ1n) is 23.8. The van der Waals surface area contributed by atoms with Crippen LogP contribution in [0.2, 0.25) is 51.4 Å². The standard InChI is InChI=1S/C27H36N4O3Si.C25H32N4O2Si/c1-7-23-24(20-8-10-21(11-9-20)27(3)33-12-13-34-27)30(18-32-14-15-35(4,5)6)26-25(23)31-19(2)28-16-22(31)17-29-26;1-7-22-23(20-10-8-19(9-11-20)17(2)30)28(16-31-12-13-32(4,5)6)25-24(22)29-18(3)26-14-21(29)15-27-25/h8-11,16-17H,7,12-15,18H2,1-6H3;8-11,14-15H,7,12-13,16H2,1-6H3. The first kappa shape index (κ1) is 48.2. The van der Waals surface area contributed by atoms with E-state index in [-0.39, 0.29) is 5.78 Å². The normalized spacial score (nSPS) is 14.2. The van der Waals surface area contributed by atoms with Gasteiger partial charge < -0.3 is 18.9 Å². The molecule has 6 aromatic heterocycles. The third kappa shape index (κ3) is 9.85. The number of aromatic nitrogens is 8. The lowest BCUT2D eigenvalue weighted by atomic mass is 10.0. The molecule has 0 spiro atoms. The number of rotatable bonds is 16. The highest BCUT2D eigenvalue weighted by molar-refractivity contribution is 6.76. The van der Waals surface area contributed by atoms with Crippen LogP contribution in [0.15, 0.2) is 73.3 Å². The van der Waals surface area contributed by atoms with E-state index in [1.165, 1.54) is 11.1 Å². The maximum Gasteiger partial charge on any atom is 0.192 e. The molecule has 67 heavy (non-hydrogen) atoms. The van der Waals surface area contributed by atoms with Crippen LogP contribution in [0.1, 0.15) is 66.4 Å². The zero-order valence-electron chi connectivity index (χ0n) is 41.6. The lowest BCUT2D eigenvalue weighted by Crippen LogP contribution is -2.22. The zero-order chi connectivity index (χ0) is 47.8. The Labute approximate surface area is 396 Å². The molecule has 0 saturated carbocycles. The van der Waals surface area contributed by atoms with E-state index < -0.39 is 21.9 Å². The van der Waals surface area contributed by atoms with Gasteiger partial charge in [-0.1, -0.05) is 102 Å². The Balaban J connectivity index is 0.000000182. The van der Waals surface area contributed by atoms with Crippen molar-refractivity contribution in [3.8, 4) is 22.5 Å². The van der Waals surface area contributed by atoms with Gasteiger partial charge in [-0.2, -0.15) is 0 Å². The topological polar surface area (TPSA) is 124 Å². The SMILES string of the molecule is CCc1c(-c2ccc(C(C)=O)cc2)n(COCC[Si](C)(C)C)c2ncc3cnc(C)n3c12.CCc1c(-c2ccc(C3(C)OCCO3)cc2)n(COCC[Si](C)(C)C)c2ncc3cnc(C)n3c12. The van der Waals surface area contributed by atoms with Crippen LogP contribution in [0.4, 0.5) is 0 Å². The van der Waals surface area contributed by atoms with E-state index in [4.69, 9.17) is 28.9 Å². The van der Waals surface area contributed by atoms with Crippen LogP contribution in [-0.4, -0.2) is 86.2 Å². The second kappa shape index (κ2) is 19.4. The van der Waals surface area contributed by atoms with Crippen LogP contribution in [0, 0.1) is 13.8 Å². The molecule has 1 aliphatic heterocycles. The van der Waals surface area contributed by atoms with Crippen molar-refractivity contribution in [3.63, 3.8) is 0 Å². The molecular weight excluding hydrogens is 873 g/mol. The fraction of sp³-hybridized carbons (Fsp3) is 0.442. The first-order chi connectivity index (χ1) is 31.9.